The average Bonchev–Trinajstić information content (AvgIpc) is 2.46. The molecule has 0 spiro atoms. The van der Waals surface area contributed by atoms with E-state index in [4.69, 9.17) is 0 Å². The molecule has 6 heteroatoms. The van der Waals surface area contributed by atoms with Crippen LogP contribution >= 0.6 is 0 Å². The van der Waals surface area contributed by atoms with Gasteiger partial charge >= 0.3 is 0 Å². The predicted octanol–water partition coefficient (Wildman–Crippen LogP) is 1.37. The van der Waals surface area contributed by atoms with Crippen LogP contribution in [0.4, 0.5) is 0 Å². The van der Waals surface area contributed by atoms with Crippen LogP contribution < -0.4 is 0 Å². The molecule has 0 aliphatic carbocycles. The Morgan fingerprint density at radius 3 is 1.35 bits per heavy atom. The number of hydrogen-bond acceptors (Lipinski definition) is 3. The lowest BCUT2D eigenvalue weighted by Gasteiger charge is -2.42. The summed E-state index contributed by atoms with van der Waals surface area (Å²) in [5.74, 6) is -0.0425. The fourth-order valence-electron chi connectivity index (χ4n) is 2.19. The molecule has 0 aromatic heterocycles. The molecular weight excluding hydrogens is 258 g/mol. The van der Waals surface area contributed by atoms with Gasteiger partial charge in [0.25, 0.3) is 0 Å². The van der Waals surface area contributed by atoms with E-state index in [1.165, 1.54) is 0 Å². The number of amides is 3. The normalized spacial score (nSPS) is 15.4. The summed E-state index contributed by atoms with van der Waals surface area (Å²) >= 11 is 0. The Morgan fingerprint density at radius 2 is 1.05 bits per heavy atom. The van der Waals surface area contributed by atoms with Crippen molar-refractivity contribution in [1.29, 1.82) is 0 Å². The van der Waals surface area contributed by atoms with E-state index in [1.54, 1.807) is 21.6 Å². The van der Waals surface area contributed by atoms with Crippen LogP contribution in [0.15, 0.2) is 0 Å². The van der Waals surface area contributed by atoms with Crippen LogP contribution in [0.3, 0.4) is 0 Å². The lowest BCUT2D eigenvalue weighted by molar-refractivity contribution is -0.158. The average molecular weight is 283 g/mol. The molecular formula is C14H25N3O3. The van der Waals surface area contributed by atoms with Gasteiger partial charge in [-0.25, -0.2) is 0 Å². The molecule has 114 valence electrons. The van der Waals surface area contributed by atoms with E-state index in [0.717, 1.165) is 12.8 Å². The van der Waals surface area contributed by atoms with E-state index in [0.29, 0.717) is 39.3 Å². The zero-order valence-electron chi connectivity index (χ0n) is 12.7. The molecule has 0 radical (unpaired) electrons. The first-order valence-electron chi connectivity index (χ1n) is 7.36. The van der Waals surface area contributed by atoms with Crippen molar-refractivity contribution in [2.24, 2.45) is 0 Å². The number of hydrogen-bond donors (Lipinski definition) is 0. The molecule has 1 rings (SSSR count). The minimum Gasteiger partial charge on any atom is -0.307 e. The fraction of sp³-hybridized carbons (Fsp3) is 0.786. The maximum atomic E-state index is 12.0. The van der Waals surface area contributed by atoms with Crippen LogP contribution in [0, 0.1) is 0 Å². The monoisotopic (exact) mass is 283 g/mol. The van der Waals surface area contributed by atoms with Gasteiger partial charge in [0, 0.05) is 19.3 Å². The molecule has 1 aliphatic heterocycles. The van der Waals surface area contributed by atoms with E-state index < -0.39 is 0 Å². The van der Waals surface area contributed by atoms with Crippen LogP contribution in [-0.2, 0) is 14.4 Å². The van der Waals surface area contributed by atoms with Gasteiger partial charge in [0.05, 0.1) is 20.0 Å². The van der Waals surface area contributed by atoms with Gasteiger partial charge < -0.3 is 14.7 Å². The highest BCUT2D eigenvalue weighted by molar-refractivity contribution is 5.81. The van der Waals surface area contributed by atoms with Gasteiger partial charge in [-0.2, -0.15) is 0 Å². The summed E-state index contributed by atoms with van der Waals surface area (Å²) in [6.07, 6.45) is 2.81. The van der Waals surface area contributed by atoms with Crippen molar-refractivity contribution < 1.29 is 14.4 Å². The molecule has 0 bridgehead atoms. The Kier molecular flexibility index (Phi) is 6.48. The van der Waals surface area contributed by atoms with Crippen molar-refractivity contribution in [3.05, 3.63) is 0 Å². The second kappa shape index (κ2) is 7.87. The summed E-state index contributed by atoms with van der Waals surface area (Å²) in [6.45, 7) is 6.55. The van der Waals surface area contributed by atoms with Crippen molar-refractivity contribution in [2.75, 3.05) is 20.0 Å². The van der Waals surface area contributed by atoms with Crippen molar-refractivity contribution >= 4 is 17.7 Å². The van der Waals surface area contributed by atoms with Gasteiger partial charge in [0.2, 0.25) is 17.7 Å². The van der Waals surface area contributed by atoms with Crippen LogP contribution in [0.25, 0.3) is 0 Å². The predicted molar refractivity (Wildman–Crippen MR) is 75.2 cm³/mol. The van der Waals surface area contributed by atoms with Gasteiger partial charge in [-0.1, -0.05) is 20.8 Å². The van der Waals surface area contributed by atoms with E-state index >= 15 is 0 Å². The molecule has 0 unspecified atom stereocenters. The molecule has 6 nitrogen and oxygen atoms in total. The molecule has 3 amide bonds. The molecule has 1 saturated heterocycles. The highest BCUT2D eigenvalue weighted by Gasteiger charge is 2.30. The topological polar surface area (TPSA) is 60.9 Å². The van der Waals surface area contributed by atoms with Gasteiger partial charge in [0.1, 0.15) is 0 Å². The van der Waals surface area contributed by atoms with Crippen molar-refractivity contribution in [3.63, 3.8) is 0 Å². The minimum absolute atomic E-state index is 0.00426. The van der Waals surface area contributed by atoms with Crippen LogP contribution in [0.2, 0.25) is 0 Å². The lowest BCUT2D eigenvalue weighted by Crippen LogP contribution is -2.59. The SMILES string of the molecule is CCCC(=O)N1CN(C(=O)CC)CN(C(=O)CCC)C1. The fourth-order valence-corrected chi connectivity index (χ4v) is 2.19. The summed E-state index contributed by atoms with van der Waals surface area (Å²) in [4.78, 5) is 40.7. The maximum absolute atomic E-state index is 12.0. The lowest BCUT2D eigenvalue weighted by atomic mass is 10.2. The molecule has 1 aliphatic rings. The number of carbonyl (C=O) groups is 3. The first-order chi connectivity index (χ1) is 9.53. The third kappa shape index (κ3) is 4.21. The van der Waals surface area contributed by atoms with Crippen LogP contribution in [-0.4, -0.2) is 52.4 Å². The van der Waals surface area contributed by atoms with E-state index in [2.05, 4.69) is 0 Å². The molecule has 1 heterocycles. The Morgan fingerprint density at radius 1 is 0.700 bits per heavy atom. The Hall–Kier alpha value is -1.59. The standard InChI is InChI=1S/C14H25N3O3/c1-4-7-13(19)16-9-15(12(18)6-3)10-17(11-16)14(20)8-5-2/h4-11H2,1-3H3. The number of rotatable bonds is 5. The van der Waals surface area contributed by atoms with E-state index in [9.17, 15) is 14.4 Å². The second-order valence-electron chi connectivity index (χ2n) is 5.08. The Balaban J connectivity index is 2.79. The first kappa shape index (κ1) is 16.5. The minimum atomic E-state index is -0.0340. The highest BCUT2D eigenvalue weighted by Crippen LogP contribution is 2.13. The maximum Gasteiger partial charge on any atom is 0.225 e. The molecule has 0 aromatic rings. The third-order valence-corrected chi connectivity index (χ3v) is 3.31. The zero-order valence-corrected chi connectivity index (χ0v) is 12.7. The quantitative estimate of drug-likeness (QED) is 0.765. The molecule has 1 fully saturated rings. The number of carbonyl (C=O) groups excluding carboxylic acids is 3. The number of nitrogens with zero attached hydrogens (tertiary/aromatic N) is 3. The summed E-state index contributed by atoms with van der Waals surface area (Å²) in [5, 5.41) is 0. The van der Waals surface area contributed by atoms with Crippen LogP contribution in [0.1, 0.15) is 52.9 Å². The van der Waals surface area contributed by atoms with Crippen molar-refractivity contribution in [3.8, 4) is 0 Å². The smallest absolute Gasteiger partial charge is 0.225 e. The van der Waals surface area contributed by atoms with E-state index in [-0.39, 0.29) is 17.7 Å². The first-order valence-corrected chi connectivity index (χ1v) is 7.36. The Bertz CT molecular complexity index is 345. The molecule has 0 saturated carbocycles. The van der Waals surface area contributed by atoms with Crippen LogP contribution in [0.5, 0.6) is 0 Å². The second-order valence-corrected chi connectivity index (χ2v) is 5.08. The summed E-state index contributed by atoms with van der Waals surface area (Å²) in [7, 11) is 0. The van der Waals surface area contributed by atoms with Gasteiger partial charge in [-0.05, 0) is 12.8 Å². The summed E-state index contributed by atoms with van der Waals surface area (Å²) < 4.78 is 0. The van der Waals surface area contributed by atoms with E-state index in [1.807, 2.05) is 13.8 Å². The highest BCUT2D eigenvalue weighted by atomic mass is 16.2. The van der Waals surface area contributed by atoms with Gasteiger partial charge in [-0.3, -0.25) is 14.4 Å². The van der Waals surface area contributed by atoms with Crippen molar-refractivity contribution in [1.82, 2.24) is 14.7 Å². The van der Waals surface area contributed by atoms with Gasteiger partial charge in [-0.15, -0.1) is 0 Å². The molecule has 0 N–H and O–H groups in total. The summed E-state index contributed by atoms with van der Waals surface area (Å²) in [6, 6.07) is 0. The largest absolute Gasteiger partial charge is 0.307 e. The Labute approximate surface area is 120 Å². The third-order valence-electron chi connectivity index (χ3n) is 3.31. The summed E-state index contributed by atoms with van der Waals surface area (Å²) in [5.41, 5.74) is 0. The molecule has 20 heavy (non-hydrogen) atoms. The molecule has 0 atom stereocenters. The van der Waals surface area contributed by atoms with Gasteiger partial charge in [0.15, 0.2) is 0 Å². The van der Waals surface area contributed by atoms with Crippen molar-refractivity contribution in [2.45, 2.75) is 52.9 Å². The molecule has 0 aromatic carbocycles. The zero-order chi connectivity index (χ0) is 15.1.